The van der Waals surface area contributed by atoms with Crippen LogP contribution in [0.4, 0.5) is 0 Å². The quantitative estimate of drug-likeness (QED) is 0.125. The number of nitrogens with one attached hydrogen (secondary N) is 3. The van der Waals surface area contributed by atoms with Crippen molar-refractivity contribution in [3.8, 4) is 0 Å². The van der Waals surface area contributed by atoms with E-state index in [9.17, 15) is 34.2 Å². The predicted octanol–water partition coefficient (Wildman–Crippen LogP) is -3.59. The van der Waals surface area contributed by atoms with Crippen molar-refractivity contribution in [3.05, 3.63) is 0 Å². The van der Waals surface area contributed by atoms with Gasteiger partial charge in [0, 0.05) is 12.2 Å². The number of hydrogen-bond acceptors (Lipinski definition) is 9. The van der Waals surface area contributed by atoms with Gasteiger partial charge in [-0.2, -0.15) is 12.6 Å². The number of carboxylic acids is 2. The number of thiol groups is 1. The zero-order valence-electron chi connectivity index (χ0n) is 16.4. The minimum Gasteiger partial charge on any atom is -0.481 e. The Hall–Kier alpha value is -2.42. The molecule has 6 atom stereocenters. The van der Waals surface area contributed by atoms with E-state index in [1.54, 1.807) is 0 Å². The van der Waals surface area contributed by atoms with Crippen molar-refractivity contribution in [1.29, 1.82) is 0 Å². The molecule has 0 aromatic rings. The Labute approximate surface area is 177 Å². The average molecular weight is 452 g/mol. The first-order valence-electron chi connectivity index (χ1n) is 8.90. The van der Waals surface area contributed by atoms with Gasteiger partial charge in [-0.1, -0.05) is 0 Å². The molecule has 9 N–H and O–H groups in total. The van der Waals surface area contributed by atoms with Crippen LogP contribution < -0.4 is 21.7 Å². The standard InChI is InChI=1S/C16H28N4O9S/c1-6(21)11(15(27)20-12(7(2)22)16(28)29)19-14(26)9(5-30)18-13(25)8(17)3-4-10(23)24/h6-9,11-12,21-22,30H,3-5,17H2,1-2H3,(H,18,25)(H,19,26)(H,20,27)(H,23,24)(H,28,29). The van der Waals surface area contributed by atoms with Crippen molar-refractivity contribution in [2.75, 3.05) is 5.75 Å². The Bertz CT molecular complexity index is 644. The minimum absolute atomic E-state index is 0.170. The fourth-order valence-corrected chi connectivity index (χ4v) is 2.43. The third kappa shape index (κ3) is 9.39. The number of carbonyl (C=O) groups excluding carboxylic acids is 3. The molecule has 14 heteroatoms. The van der Waals surface area contributed by atoms with Crippen molar-refractivity contribution in [2.45, 2.75) is 63.1 Å². The van der Waals surface area contributed by atoms with E-state index in [0.29, 0.717) is 0 Å². The zero-order chi connectivity index (χ0) is 23.6. The van der Waals surface area contributed by atoms with Crippen molar-refractivity contribution < 1.29 is 44.4 Å². The third-order valence-electron chi connectivity index (χ3n) is 3.93. The molecule has 0 heterocycles. The van der Waals surface area contributed by atoms with E-state index in [1.807, 2.05) is 5.32 Å². The molecule has 0 rings (SSSR count). The second-order valence-corrected chi connectivity index (χ2v) is 6.94. The van der Waals surface area contributed by atoms with E-state index in [-0.39, 0.29) is 18.6 Å². The van der Waals surface area contributed by atoms with Gasteiger partial charge in [0.15, 0.2) is 6.04 Å². The van der Waals surface area contributed by atoms with Crippen molar-refractivity contribution in [2.24, 2.45) is 5.73 Å². The van der Waals surface area contributed by atoms with Crippen LogP contribution in [0.3, 0.4) is 0 Å². The van der Waals surface area contributed by atoms with Gasteiger partial charge < -0.3 is 42.1 Å². The molecule has 6 unspecified atom stereocenters. The number of amides is 3. The van der Waals surface area contributed by atoms with Crippen molar-refractivity contribution in [3.63, 3.8) is 0 Å². The molecule has 0 saturated carbocycles. The lowest BCUT2D eigenvalue weighted by molar-refractivity contribution is -0.146. The zero-order valence-corrected chi connectivity index (χ0v) is 17.3. The van der Waals surface area contributed by atoms with Gasteiger partial charge in [0.25, 0.3) is 0 Å². The lowest BCUT2D eigenvalue weighted by Gasteiger charge is -2.26. The Morgan fingerprint density at radius 3 is 1.77 bits per heavy atom. The summed E-state index contributed by atoms with van der Waals surface area (Å²) in [6.07, 6.45) is -3.43. The Morgan fingerprint density at radius 2 is 1.37 bits per heavy atom. The molecule has 0 fully saturated rings. The molecular weight excluding hydrogens is 424 g/mol. The van der Waals surface area contributed by atoms with Crippen LogP contribution in [-0.4, -0.2) is 92.2 Å². The SMILES string of the molecule is CC(O)C(NC(=O)C(NC(=O)C(CS)NC(=O)C(N)CCC(=O)O)C(C)O)C(=O)O. The molecule has 0 aromatic carbocycles. The Morgan fingerprint density at radius 1 is 0.867 bits per heavy atom. The summed E-state index contributed by atoms with van der Waals surface area (Å²) in [4.78, 5) is 58.3. The molecule has 0 bridgehead atoms. The topological polar surface area (TPSA) is 228 Å². The van der Waals surface area contributed by atoms with E-state index >= 15 is 0 Å². The van der Waals surface area contributed by atoms with Crippen LogP contribution in [0.25, 0.3) is 0 Å². The van der Waals surface area contributed by atoms with Crippen molar-refractivity contribution >= 4 is 42.3 Å². The highest BCUT2D eigenvalue weighted by atomic mass is 32.1. The minimum atomic E-state index is -1.68. The van der Waals surface area contributed by atoms with Gasteiger partial charge in [-0.05, 0) is 20.3 Å². The molecule has 0 radical (unpaired) electrons. The summed E-state index contributed by atoms with van der Waals surface area (Å²) >= 11 is 3.93. The number of nitrogens with two attached hydrogens (primary N) is 1. The summed E-state index contributed by atoms with van der Waals surface area (Å²) in [5, 5.41) is 43.3. The largest absolute Gasteiger partial charge is 0.481 e. The number of hydrogen-bond donors (Lipinski definition) is 9. The fraction of sp³-hybridized carbons (Fsp3) is 0.688. The molecule has 0 aliphatic carbocycles. The van der Waals surface area contributed by atoms with Crippen molar-refractivity contribution in [1.82, 2.24) is 16.0 Å². The van der Waals surface area contributed by atoms with Crippen LogP contribution in [0, 0.1) is 0 Å². The summed E-state index contributed by atoms with van der Waals surface area (Å²) in [6, 6.07) is -5.76. The smallest absolute Gasteiger partial charge is 0.328 e. The summed E-state index contributed by atoms with van der Waals surface area (Å²) in [5.74, 6) is -5.70. The maximum absolute atomic E-state index is 12.4. The van der Waals surface area contributed by atoms with Crippen LogP contribution >= 0.6 is 12.6 Å². The van der Waals surface area contributed by atoms with Crippen LogP contribution in [0.15, 0.2) is 0 Å². The van der Waals surface area contributed by atoms with Gasteiger partial charge in [-0.25, -0.2) is 4.79 Å². The molecule has 30 heavy (non-hydrogen) atoms. The first-order valence-corrected chi connectivity index (χ1v) is 9.53. The highest BCUT2D eigenvalue weighted by Crippen LogP contribution is 2.01. The van der Waals surface area contributed by atoms with E-state index < -0.39 is 66.0 Å². The third-order valence-corrected chi connectivity index (χ3v) is 4.30. The van der Waals surface area contributed by atoms with Gasteiger partial charge >= 0.3 is 11.9 Å². The molecule has 0 aliphatic heterocycles. The normalized spacial score (nSPS) is 16.9. The van der Waals surface area contributed by atoms with E-state index in [1.165, 1.54) is 6.92 Å². The molecule has 0 saturated heterocycles. The van der Waals surface area contributed by atoms with Crippen LogP contribution in [0.1, 0.15) is 26.7 Å². The maximum atomic E-state index is 12.4. The van der Waals surface area contributed by atoms with Gasteiger partial charge in [-0.3, -0.25) is 19.2 Å². The van der Waals surface area contributed by atoms with E-state index in [2.05, 4.69) is 23.3 Å². The first kappa shape index (κ1) is 27.6. The monoisotopic (exact) mass is 452 g/mol. The summed E-state index contributed by atoms with van der Waals surface area (Å²) < 4.78 is 0. The molecule has 0 aliphatic rings. The Balaban J connectivity index is 5.13. The number of rotatable bonds is 13. The number of aliphatic carboxylic acids is 2. The summed E-state index contributed by atoms with van der Waals surface area (Å²) in [6.45, 7) is 2.30. The van der Waals surface area contributed by atoms with E-state index in [0.717, 1.165) is 6.92 Å². The average Bonchev–Trinajstić information content (AvgIpc) is 2.64. The number of carbonyl (C=O) groups is 5. The highest BCUT2D eigenvalue weighted by Gasteiger charge is 2.33. The second kappa shape index (κ2) is 13.0. The second-order valence-electron chi connectivity index (χ2n) is 6.57. The fourth-order valence-electron chi connectivity index (χ4n) is 2.17. The molecule has 0 aromatic heterocycles. The maximum Gasteiger partial charge on any atom is 0.328 e. The molecule has 3 amide bonds. The van der Waals surface area contributed by atoms with Crippen LogP contribution in [-0.2, 0) is 24.0 Å². The predicted molar refractivity (Wildman–Crippen MR) is 105 cm³/mol. The lowest BCUT2D eigenvalue weighted by atomic mass is 10.1. The highest BCUT2D eigenvalue weighted by molar-refractivity contribution is 7.80. The lowest BCUT2D eigenvalue weighted by Crippen LogP contribution is -2.61. The van der Waals surface area contributed by atoms with Gasteiger partial charge in [0.1, 0.15) is 12.1 Å². The molecule has 172 valence electrons. The van der Waals surface area contributed by atoms with Gasteiger partial charge in [-0.15, -0.1) is 0 Å². The summed E-state index contributed by atoms with van der Waals surface area (Å²) in [5.41, 5.74) is 5.56. The van der Waals surface area contributed by atoms with E-state index in [4.69, 9.17) is 15.9 Å². The molecule has 0 spiro atoms. The van der Waals surface area contributed by atoms with Crippen LogP contribution in [0.5, 0.6) is 0 Å². The first-order chi connectivity index (χ1) is 13.8. The van der Waals surface area contributed by atoms with Crippen LogP contribution in [0.2, 0.25) is 0 Å². The summed E-state index contributed by atoms with van der Waals surface area (Å²) in [7, 11) is 0. The Kier molecular flexibility index (Phi) is 11.9. The number of carboxylic acid groups (broad SMARTS) is 2. The van der Waals surface area contributed by atoms with Gasteiger partial charge in [0.2, 0.25) is 17.7 Å². The van der Waals surface area contributed by atoms with Gasteiger partial charge in [0.05, 0.1) is 18.2 Å². The number of aliphatic hydroxyl groups excluding tert-OH is 2. The molecule has 13 nitrogen and oxygen atoms in total. The molecular formula is C16H28N4O9S. The number of aliphatic hydroxyl groups is 2.